The Morgan fingerprint density at radius 1 is 0.958 bits per heavy atom. The molecule has 0 bridgehead atoms. The molecule has 4 aliphatic rings. The van der Waals surface area contributed by atoms with Gasteiger partial charge in [-0.2, -0.15) is 0 Å². The van der Waals surface area contributed by atoms with Crippen molar-refractivity contribution in [2.75, 3.05) is 20.8 Å². The normalized spacial score (nSPS) is 54.0. The van der Waals surface area contributed by atoms with Crippen LogP contribution in [0.1, 0.15) is 64.7 Å². The molecule has 0 radical (unpaired) electrons. The lowest BCUT2D eigenvalue weighted by Gasteiger charge is -2.61. The lowest BCUT2D eigenvalue weighted by atomic mass is 9.44. The van der Waals surface area contributed by atoms with Gasteiger partial charge in [0.2, 0.25) is 0 Å². The van der Waals surface area contributed by atoms with E-state index in [1.165, 1.54) is 44.9 Å². The van der Waals surface area contributed by atoms with Gasteiger partial charge in [-0.3, -0.25) is 0 Å². The number of ether oxygens (including phenoxy) is 2. The van der Waals surface area contributed by atoms with Crippen LogP contribution in [0.2, 0.25) is 0 Å². The highest BCUT2D eigenvalue weighted by atomic mass is 16.5. The first kappa shape index (κ1) is 17.3. The van der Waals surface area contributed by atoms with E-state index in [2.05, 4.69) is 6.92 Å². The summed E-state index contributed by atoms with van der Waals surface area (Å²) in [7, 11) is 3.79. The number of fused-ring (bicyclic) bond motifs is 5. The van der Waals surface area contributed by atoms with E-state index >= 15 is 0 Å². The molecular formula is C21H36O3. The Kier molecular flexibility index (Phi) is 4.50. The van der Waals surface area contributed by atoms with Gasteiger partial charge < -0.3 is 14.6 Å². The van der Waals surface area contributed by atoms with Gasteiger partial charge in [-0.05, 0) is 92.3 Å². The number of rotatable bonds is 3. The van der Waals surface area contributed by atoms with Crippen molar-refractivity contribution < 1.29 is 14.6 Å². The summed E-state index contributed by atoms with van der Waals surface area (Å²) in [5, 5.41) is 10.2. The van der Waals surface area contributed by atoms with Crippen LogP contribution < -0.4 is 0 Å². The monoisotopic (exact) mass is 336 g/mol. The minimum Gasteiger partial charge on any atom is -0.393 e. The summed E-state index contributed by atoms with van der Waals surface area (Å²) in [6, 6.07) is 0. The molecule has 4 saturated carbocycles. The maximum atomic E-state index is 10.2. The fraction of sp³-hybridized carbons (Fsp3) is 1.00. The van der Waals surface area contributed by atoms with Crippen molar-refractivity contribution in [3.63, 3.8) is 0 Å². The van der Waals surface area contributed by atoms with E-state index in [9.17, 15) is 5.11 Å². The van der Waals surface area contributed by atoms with E-state index < -0.39 is 0 Å². The highest BCUT2D eigenvalue weighted by Gasteiger charge is 2.61. The van der Waals surface area contributed by atoms with Crippen LogP contribution in [0.5, 0.6) is 0 Å². The van der Waals surface area contributed by atoms with Gasteiger partial charge >= 0.3 is 0 Å². The van der Waals surface area contributed by atoms with Crippen LogP contribution in [0.25, 0.3) is 0 Å². The SMILES string of the molecule is COC[C@]12CCC(O)CC1CC[C@@H]1[C@H]2CC[C@]2(C)C(OC)CC[C@@H]12. The Labute approximate surface area is 147 Å². The average Bonchev–Trinajstić information content (AvgIpc) is 2.92. The van der Waals surface area contributed by atoms with Crippen LogP contribution in [0.4, 0.5) is 0 Å². The van der Waals surface area contributed by atoms with Gasteiger partial charge in [0.1, 0.15) is 0 Å². The third-order valence-electron chi connectivity index (χ3n) is 8.95. The molecular weight excluding hydrogens is 300 g/mol. The highest BCUT2D eigenvalue weighted by Crippen LogP contribution is 2.66. The van der Waals surface area contributed by atoms with Crippen LogP contribution in [-0.4, -0.2) is 38.1 Å². The van der Waals surface area contributed by atoms with E-state index in [0.29, 0.717) is 22.9 Å². The predicted molar refractivity (Wildman–Crippen MR) is 94.7 cm³/mol. The first-order valence-electron chi connectivity index (χ1n) is 10.2. The number of aliphatic hydroxyl groups is 1. The van der Waals surface area contributed by atoms with Crippen LogP contribution in [0.15, 0.2) is 0 Å². The summed E-state index contributed by atoms with van der Waals surface area (Å²) in [6.07, 6.45) is 11.5. The minimum atomic E-state index is -0.0743. The van der Waals surface area contributed by atoms with Crippen molar-refractivity contribution >= 4 is 0 Å². The zero-order valence-corrected chi connectivity index (χ0v) is 15.8. The smallest absolute Gasteiger partial charge is 0.0627 e. The molecule has 4 aliphatic carbocycles. The first-order valence-corrected chi connectivity index (χ1v) is 10.2. The van der Waals surface area contributed by atoms with Gasteiger partial charge in [0, 0.05) is 14.2 Å². The lowest BCUT2D eigenvalue weighted by molar-refractivity contribution is -0.164. The Hall–Kier alpha value is -0.120. The second kappa shape index (κ2) is 6.25. The molecule has 24 heavy (non-hydrogen) atoms. The van der Waals surface area contributed by atoms with Crippen molar-refractivity contribution in [2.45, 2.75) is 76.9 Å². The van der Waals surface area contributed by atoms with Gasteiger partial charge in [-0.25, -0.2) is 0 Å². The minimum absolute atomic E-state index is 0.0743. The summed E-state index contributed by atoms with van der Waals surface area (Å²) in [5.41, 5.74) is 0.731. The van der Waals surface area contributed by atoms with Gasteiger partial charge in [0.15, 0.2) is 0 Å². The molecule has 3 nitrogen and oxygen atoms in total. The van der Waals surface area contributed by atoms with Crippen LogP contribution in [0.3, 0.4) is 0 Å². The largest absolute Gasteiger partial charge is 0.393 e. The molecule has 0 saturated heterocycles. The Bertz CT molecular complexity index is 466. The predicted octanol–water partition coefficient (Wildman–Crippen LogP) is 4.03. The Morgan fingerprint density at radius 2 is 1.79 bits per heavy atom. The summed E-state index contributed by atoms with van der Waals surface area (Å²) in [6.45, 7) is 3.41. The second-order valence-corrected chi connectivity index (χ2v) is 9.59. The van der Waals surface area contributed by atoms with E-state index in [1.807, 2.05) is 14.2 Å². The first-order chi connectivity index (χ1) is 11.5. The molecule has 3 unspecified atom stereocenters. The maximum absolute atomic E-state index is 10.2. The van der Waals surface area contributed by atoms with E-state index in [4.69, 9.17) is 9.47 Å². The molecule has 1 N–H and O–H groups in total. The Morgan fingerprint density at radius 3 is 2.54 bits per heavy atom. The summed E-state index contributed by atoms with van der Waals surface area (Å²) < 4.78 is 11.7. The number of hydrogen-bond donors (Lipinski definition) is 1. The third-order valence-corrected chi connectivity index (χ3v) is 8.95. The summed E-state index contributed by atoms with van der Waals surface area (Å²) in [5.74, 6) is 3.16. The number of hydrogen-bond acceptors (Lipinski definition) is 3. The topological polar surface area (TPSA) is 38.7 Å². The highest BCUT2D eigenvalue weighted by molar-refractivity contribution is 5.10. The molecule has 0 aromatic heterocycles. The third kappa shape index (κ3) is 2.34. The number of aliphatic hydroxyl groups excluding tert-OH is 1. The molecule has 0 aromatic rings. The summed E-state index contributed by atoms with van der Waals surface area (Å²) >= 11 is 0. The van der Waals surface area contributed by atoms with Crippen LogP contribution in [-0.2, 0) is 9.47 Å². The Balaban J connectivity index is 1.64. The summed E-state index contributed by atoms with van der Waals surface area (Å²) in [4.78, 5) is 0. The van der Waals surface area contributed by atoms with E-state index in [1.54, 1.807) is 0 Å². The van der Waals surface area contributed by atoms with Crippen molar-refractivity contribution in [1.29, 1.82) is 0 Å². The standard InChI is InChI=1S/C21H36O3/c1-20-10-9-18-16(17(20)6-7-19(20)24-3)5-4-14-12-15(22)8-11-21(14,18)13-23-2/h14-19,22H,4-13H2,1-3H3/t14?,15?,16-,17-,18+,19?,20-,21+/m0/s1. The average molecular weight is 337 g/mol. The van der Waals surface area contributed by atoms with E-state index in [0.717, 1.165) is 37.2 Å². The molecule has 4 rings (SSSR count). The zero-order valence-electron chi connectivity index (χ0n) is 15.8. The van der Waals surface area contributed by atoms with Crippen molar-refractivity contribution in [3.05, 3.63) is 0 Å². The van der Waals surface area contributed by atoms with Crippen LogP contribution in [0, 0.1) is 34.5 Å². The van der Waals surface area contributed by atoms with Crippen molar-refractivity contribution in [3.8, 4) is 0 Å². The molecule has 3 heteroatoms. The zero-order chi connectivity index (χ0) is 16.9. The van der Waals surface area contributed by atoms with Gasteiger partial charge in [0.25, 0.3) is 0 Å². The van der Waals surface area contributed by atoms with E-state index in [-0.39, 0.29) is 6.10 Å². The quantitative estimate of drug-likeness (QED) is 0.845. The van der Waals surface area contributed by atoms with Gasteiger partial charge in [0.05, 0.1) is 18.8 Å². The fourth-order valence-corrected chi connectivity index (χ4v) is 7.92. The number of methoxy groups -OCH3 is 2. The second-order valence-electron chi connectivity index (χ2n) is 9.59. The molecule has 0 spiro atoms. The van der Waals surface area contributed by atoms with Crippen LogP contribution >= 0.6 is 0 Å². The molecule has 0 aromatic carbocycles. The van der Waals surface area contributed by atoms with Gasteiger partial charge in [-0.15, -0.1) is 0 Å². The molecule has 8 atom stereocenters. The van der Waals surface area contributed by atoms with Crippen molar-refractivity contribution in [1.82, 2.24) is 0 Å². The lowest BCUT2D eigenvalue weighted by Crippen LogP contribution is -2.57. The maximum Gasteiger partial charge on any atom is 0.0627 e. The van der Waals surface area contributed by atoms with Gasteiger partial charge in [-0.1, -0.05) is 6.92 Å². The molecule has 0 amide bonds. The molecule has 0 heterocycles. The molecule has 0 aliphatic heterocycles. The van der Waals surface area contributed by atoms with Crippen molar-refractivity contribution in [2.24, 2.45) is 34.5 Å². The molecule has 138 valence electrons. The fourth-order valence-electron chi connectivity index (χ4n) is 7.92. The molecule has 4 fully saturated rings.